The van der Waals surface area contributed by atoms with E-state index in [0.29, 0.717) is 11.8 Å². The van der Waals surface area contributed by atoms with E-state index in [1.54, 1.807) is 26.4 Å². The van der Waals surface area contributed by atoms with Crippen LogP contribution < -0.4 is 9.47 Å². The summed E-state index contributed by atoms with van der Waals surface area (Å²) in [6.45, 7) is 8.59. The van der Waals surface area contributed by atoms with Crippen LogP contribution in [0.1, 0.15) is 44.2 Å². The lowest BCUT2D eigenvalue weighted by Gasteiger charge is -2.38. The Morgan fingerprint density at radius 2 is 1.79 bits per heavy atom. The van der Waals surface area contributed by atoms with E-state index in [9.17, 15) is 5.11 Å². The van der Waals surface area contributed by atoms with Gasteiger partial charge in [0.25, 0.3) is 0 Å². The summed E-state index contributed by atoms with van der Waals surface area (Å²) in [5, 5.41) is 9.91. The summed E-state index contributed by atoms with van der Waals surface area (Å²) in [5.74, 6) is 1.82. The van der Waals surface area contributed by atoms with Gasteiger partial charge in [0.1, 0.15) is 5.76 Å². The first-order chi connectivity index (χ1) is 14.0. The van der Waals surface area contributed by atoms with E-state index in [1.165, 1.54) is 27.8 Å². The van der Waals surface area contributed by atoms with Gasteiger partial charge in [-0.25, -0.2) is 0 Å². The molecule has 1 unspecified atom stereocenters. The van der Waals surface area contributed by atoms with Crippen molar-refractivity contribution < 1.29 is 14.6 Å². The van der Waals surface area contributed by atoms with Gasteiger partial charge in [-0.05, 0) is 84.9 Å². The quantitative estimate of drug-likeness (QED) is 0.681. The lowest BCUT2D eigenvalue weighted by atomic mass is 9.82. The van der Waals surface area contributed by atoms with Crippen molar-refractivity contribution in [3.63, 3.8) is 0 Å². The molecule has 0 radical (unpaired) electrons. The van der Waals surface area contributed by atoms with E-state index in [2.05, 4.69) is 43.9 Å². The summed E-state index contributed by atoms with van der Waals surface area (Å²) < 4.78 is 11.1. The highest BCUT2D eigenvalue weighted by atomic mass is 16.5. The number of likely N-dealkylation sites (N-methyl/N-ethyl adjacent to an activating group) is 1. The van der Waals surface area contributed by atoms with E-state index >= 15 is 0 Å². The molecule has 1 N–H and O–H groups in total. The number of hydrogen-bond acceptors (Lipinski definition) is 4. The minimum absolute atomic E-state index is 0.308. The molecule has 4 nitrogen and oxygen atoms in total. The van der Waals surface area contributed by atoms with Gasteiger partial charge in [-0.3, -0.25) is 4.90 Å². The predicted molar refractivity (Wildman–Crippen MR) is 120 cm³/mol. The molecule has 0 saturated heterocycles. The van der Waals surface area contributed by atoms with Crippen molar-refractivity contribution in [1.82, 2.24) is 4.90 Å². The molecule has 0 saturated carbocycles. The molecule has 0 bridgehead atoms. The molecule has 1 heterocycles. The first-order valence-electron chi connectivity index (χ1n) is 10.5. The van der Waals surface area contributed by atoms with Crippen LogP contribution in [0, 0.1) is 6.92 Å². The molecule has 0 fully saturated rings. The van der Waals surface area contributed by atoms with Crippen molar-refractivity contribution in [2.75, 3.05) is 27.3 Å². The maximum atomic E-state index is 9.91. The number of nitrogens with zero attached hydrogens (tertiary/aromatic N) is 1. The van der Waals surface area contributed by atoms with Gasteiger partial charge in [0, 0.05) is 12.6 Å². The molecule has 1 aromatic rings. The molecule has 3 rings (SSSR count). The van der Waals surface area contributed by atoms with Gasteiger partial charge in [-0.2, -0.15) is 0 Å². The fourth-order valence-electron chi connectivity index (χ4n) is 4.41. The SMILES string of the molecule is CCC1CC(C2=CC=C(O)C=CC2)=C(c2cc(OC)c(OC)cc2C)CN1CC. The second-order valence-electron chi connectivity index (χ2n) is 7.70. The van der Waals surface area contributed by atoms with E-state index < -0.39 is 0 Å². The molecule has 1 aromatic carbocycles. The molecular formula is C25H33NO3. The Morgan fingerprint density at radius 1 is 1.07 bits per heavy atom. The maximum Gasteiger partial charge on any atom is 0.161 e. The number of benzene rings is 1. The summed E-state index contributed by atoms with van der Waals surface area (Å²) in [7, 11) is 3.36. The monoisotopic (exact) mass is 395 g/mol. The minimum atomic E-state index is 0.308. The summed E-state index contributed by atoms with van der Waals surface area (Å²) in [4.78, 5) is 2.56. The highest BCUT2D eigenvalue weighted by Crippen LogP contribution is 2.41. The lowest BCUT2D eigenvalue weighted by molar-refractivity contribution is 0.215. The molecule has 2 aliphatic rings. The number of aliphatic hydroxyl groups excluding tert-OH is 1. The molecule has 156 valence electrons. The molecule has 0 amide bonds. The summed E-state index contributed by atoms with van der Waals surface area (Å²) in [5.41, 5.74) is 6.43. The van der Waals surface area contributed by atoms with Crippen LogP contribution in [-0.4, -0.2) is 43.4 Å². The second-order valence-corrected chi connectivity index (χ2v) is 7.70. The summed E-state index contributed by atoms with van der Waals surface area (Å²) in [6.07, 6.45) is 10.7. The van der Waals surface area contributed by atoms with Crippen LogP contribution in [0.2, 0.25) is 0 Å². The standard InChI is InChI=1S/C25H33NO3/c1-6-19-14-22(18-9-8-10-20(27)12-11-18)23(16-26(19)7-2)21-15-25(29-5)24(28-4)13-17(21)3/h8,10-13,15,19,27H,6-7,9,14,16H2,1-5H3. The van der Waals surface area contributed by atoms with E-state index in [0.717, 1.165) is 43.9 Å². The van der Waals surface area contributed by atoms with Gasteiger partial charge in [0.15, 0.2) is 11.5 Å². The molecular weight excluding hydrogens is 362 g/mol. The van der Waals surface area contributed by atoms with Crippen LogP contribution in [0.4, 0.5) is 0 Å². The Kier molecular flexibility index (Phi) is 6.86. The Balaban J connectivity index is 2.19. The lowest BCUT2D eigenvalue weighted by Crippen LogP contribution is -2.40. The van der Waals surface area contributed by atoms with E-state index in [1.807, 2.05) is 6.08 Å². The fraction of sp³-hybridized carbons (Fsp3) is 0.440. The van der Waals surface area contributed by atoms with Crippen molar-refractivity contribution in [2.45, 2.75) is 46.1 Å². The van der Waals surface area contributed by atoms with Gasteiger partial charge in [0.05, 0.1) is 14.2 Å². The van der Waals surface area contributed by atoms with Crippen LogP contribution in [0.25, 0.3) is 5.57 Å². The Bertz CT molecular complexity index is 876. The van der Waals surface area contributed by atoms with Crippen LogP contribution in [-0.2, 0) is 0 Å². The van der Waals surface area contributed by atoms with Crippen molar-refractivity contribution in [2.24, 2.45) is 0 Å². The average Bonchev–Trinajstić information content (AvgIpc) is 2.96. The average molecular weight is 396 g/mol. The number of ether oxygens (including phenoxy) is 2. The molecule has 1 aliphatic heterocycles. The largest absolute Gasteiger partial charge is 0.508 e. The van der Waals surface area contributed by atoms with Gasteiger partial charge in [0.2, 0.25) is 0 Å². The van der Waals surface area contributed by atoms with Gasteiger partial charge >= 0.3 is 0 Å². The summed E-state index contributed by atoms with van der Waals surface area (Å²) >= 11 is 0. The van der Waals surface area contributed by atoms with Crippen molar-refractivity contribution in [3.05, 3.63) is 64.5 Å². The van der Waals surface area contributed by atoms with Gasteiger partial charge in [-0.1, -0.05) is 26.0 Å². The minimum Gasteiger partial charge on any atom is -0.508 e. The Labute approximate surface area is 174 Å². The first-order valence-corrected chi connectivity index (χ1v) is 10.5. The zero-order chi connectivity index (χ0) is 21.0. The van der Waals surface area contributed by atoms with E-state index in [4.69, 9.17) is 9.47 Å². The molecule has 4 heteroatoms. The predicted octanol–water partition coefficient (Wildman–Crippen LogP) is 5.60. The topological polar surface area (TPSA) is 41.9 Å². The number of hydrogen-bond donors (Lipinski definition) is 1. The maximum absolute atomic E-state index is 9.91. The normalized spacial score (nSPS) is 20.2. The smallest absolute Gasteiger partial charge is 0.161 e. The highest BCUT2D eigenvalue weighted by molar-refractivity contribution is 5.78. The van der Waals surface area contributed by atoms with Crippen molar-refractivity contribution in [1.29, 1.82) is 0 Å². The third-order valence-electron chi connectivity index (χ3n) is 6.08. The first kappa shape index (κ1) is 21.3. The zero-order valence-corrected chi connectivity index (χ0v) is 18.3. The molecule has 1 aliphatic carbocycles. The molecule has 1 atom stereocenters. The second kappa shape index (κ2) is 9.36. The van der Waals surface area contributed by atoms with Crippen LogP contribution >= 0.6 is 0 Å². The molecule has 0 aromatic heterocycles. The van der Waals surface area contributed by atoms with Crippen LogP contribution in [0.5, 0.6) is 11.5 Å². The third kappa shape index (κ3) is 4.43. The number of methoxy groups -OCH3 is 2. The third-order valence-corrected chi connectivity index (χ3v) is 6.08. The Morgan fingerprint density at radius 3 is 2.45 bits per heavy atom. The number of aryl methyl sites for hydroxylation is 1. The summed E-state index contributed by atoms with van der Waals surface area (Å²) in [6, 6.07) is 4.71. The Hall–Kier alpha value is -2.46. The van der Waals surface area contributed by atoms with Crippen molar-refractivity contribution >= 4 is 5.57 Å². The van der Waals surface area contributed by atoms with Crippen LogP contribution in [0.3, 0.4) is 0 Å². The fourth-order valence-corrected chi connectivity index (χ4v) is 4.41. The zero-order valence-electron chi connectivity index (χ0n) is 18.3. The van der Waals surface area contributed by atoms with Gasteiger partial charge in [-0.15, -0.1) is 0 Å². The van der Waals surface area contributed by atoms with Crippen molar-refractivity contribution in [3.8, 4) is 11.5 Å². The number of rotatable bonds is 6. The number of aliphatic hydroxyl groups is 1. The van der Waals surface area contributed by atoms with Crippen LogP contribution in [0.15, 0.2) is 53.3 Å². The van der Waals surface area contributed by atoms with E-state index in [-0.39, 0.29) is 0 Å². The molecule has 29 heavy (non-hydrogen) atoms. The number of allylic oxidation sites excluding steroid dienone is 5. The molecule has 0 spiro atoms. The highest BCUT2D eigenvalue weighted by Gasteiger charge is 2.29. The van der Waals surface area contributed by atoms with Gasteiger partial charge < -0.3 is 14.6 Å².